The number of aryl methyl sites for hydroxylation is 1. The zero-order valence-electron chi connectivity index (χ0n) is 17.6. The molecule has 7 nitrogen and oxygen atoms in total. The molecule has 0 aliphatic rings. The number of aliphatic carboxylic acids is 1. The Hall–Kier alpha value is -3.53. The van der Waals surface area contributed by atoms with Gasteiger partial charge in [-0.25, -0.2) is 9.59 Å². The van der Waals surface area contributed by atoms with Crippen LogP contribution in [0.1, 0.15) is 17.2 Å². The van der Waals surface area contributed by atoms with E-state index in [2.05, 4.69) is 27.9 Å². The summed E-state index contributed by atoms with van der Waals surface area (Å²) in [6.45, 7) is 1.93. The van der Waals surface area contributed by atoms with Gasteiger partial charge in [0.25, 0.3) is 0 Å². The van der Waals surface area contributed by atoms with Gasteiger partial charge in [0.05, 0.1) is 0 Å². The number of hydrogen-bond acceptors (Lipinski definition) is 5. The number of carboxylic acids is 1. The number of aromatic hydroxyl groups is 1. The van der Waals surface area contributed by atoms with Crippen LogP contribution in [0.3, 0.4) is 0 Å². The average Bonchev–Trinajstić information content (AvgIpc) is 2.79. The molecule has 170 valence electrons. The molecule has 3 N–H and O–H groups in total. The summed E-state index contributed by atoms with van der Waals surface area (Å²) < 4.78 is 12.5. The molecule has 0 unspecified atom stereocenters. The van der Waals surface area contributed by atoms with Gasteiger partial charge in [-0.3, -0.25) is 5.32 Å². The zero-order valence-corrected chi connectivity index (χ0v) is 19.8. The standard InChI is InChI=1S/C25H22INO6/c1-16-7-10-18(11-8-16)27-25(31)33-24(20-15-17(26)9-12-21(20)28)22(13-14-23(29)30)32-19-5-3-2-4-6-19/h2-15,22,24,28H,1H3,(H,27,31)(H,29,30)/b14-13+/t22-,24-/m1/s1. The lowest BCUT2D eigenvalue weighted by atomic mass is 10.0. The van der Waals surface area contributed by atoms with E-state index in [1.54, 1.807) is 48.5 Å². The Balaban J connectivity index is 1.96. The molecule has 3 rings (SSSR count). The van der Waals surface area contributed by atoms with E-state index in [0.717, 1.165) is 15.2 Å². The fourth-order valence-corrected chi connectivity index (χ4v) is 3.51. The SMILES string of the molecule is Cc1ccc(NC(=O)O[C@H](c2cc(I)ccc2O)[C@@H](/C=C/C(=O)O)Oc2ccccc2)cc1. The Morgan fingerprint density at radius 3 is 2.39 bits per heavy atom. The Morgan fingerprint density at radius 1 is 1.03 bits per heavy atom. The third-order valence-corrected chi connectivity index (χ3v) is 5.24. The quantitative estimate of drug-likeness (QED) is 0.242. The first-order valence-electron chi connectivity index (χ1n) is 9.97. The van der Waals surface area contributed by atoms with Crippen molar-refractivity contribution in [2.45, 2.75) is 19.1 Å². The number of ether oxygens (including phenoxy) is 2. The molecular formula is C25H22INO6. The highest BCUT2D eigenvalue weighted by Crippen LogP contribution is 2.34. The molecule has 2 atom stereocenters. The number of amides is 1. The summed E-state index contributed by atoms with van der Waals surface area (Å²) >= 11 is 2.07. The smallest absolute Gasteiger partial charge is 0.412 e. The Bertz CT molecular complexity index is 1130. The van der Waals surface area contributed by atoms with E-state index < -0.39 is 24.3 Å². The number of rotatable bonds is 8. The molecule has 0 radical (unpaired) electrons. The molecule has 3 aromatic carbocycles. The first-order valence-corrected chi connectivity index (χ1v) is 11.1. The number of para-hydroxylation sites is 1. The number of carboxylic acid groups (broad SMARTS) is 1. The first-order chi connectivity index (χ1) is 15.8. The summed E-state index contributed by atoms with van der Waals surface area (Å²) in [4.78, 5) is 24.0. The van der Waals surface area contributed by atoms with E-state index >= 15 is 0 Å². The number of phenolic OH excluding ortho intramolecular Hbond substituents is 1. The molecule has 0 bridgehead atoms. The molecule has 3 aromatic rings. The topological polar surface area (TPSA) is 105 Å². The van der Waals surface area contributed by atoms with Gasteiger partial charge in [-0.05, 0) is 78.1 Å². The van der Waals surface area contributed by atoms with Crippen LogP contribution in [0.4, 0.5) is 10.5 Å². The maximum Gasteiger partial charge on any atom is 0.412 e. The molecule has 0 aliphatic carbocycles. The minimum Gasteiger partial charge on any atom is -0.508 e. The molecule has 0 aliphatic heterocycles. The summed E-state index contributed by atoms with van der Waals surface area (Å²) in [5.41, 5.74) is 1.83. The van der Waals surface area contributed by atoms with Crippen molar-refractivity contribution in [3.63, 3.8) is 0 Å². The number of halogens is 1. The van der Waals surface area contributed by atoms with E-state index in [1.165, 1.54) is 12.1 Å². The number of hydrogen-bond donors (Lipinski definition) is 3. The van der Waals surface area contributed by atoms with Crippen LogP contribution in [0.2, 0.25) is 0 Å². The molecule has 0 saturated heterocycles. The number of carbonyl (C=O) groups is 2. The highest BCUT2D eigenvalue weighted by Gasteiger charge is 2.30. The Labute approximate surface area is 204 Å². The fraction of sp³-hybridized carbons (Fsp3) is 0.120. The molecule has 0 aromatic heterocycles. The van der Waals surface area contributed by atoms with E-state index in [4.69, 9.17) is 14.6 Å². The second-order valence-electron chi connectivity index (χ2n) is 7.11. The maximum absolute atomic E-state index is 12.8. The monoisotopic (exact) mass is 559 g/mol. The van der Waals surface area contributed by atoms with E-state index in [9.17, 15) is 14.7 Å². The van der Waals surface area contributed by atoms with Crippen molar-refractivity contribution in [2.24, 2.45) is 0 Å². The van der Waals surface area contributed by atoms with Gasteiger partial charge >= 0.3 is 12.1 Å². The van der Waals surface area contributed by atoms with Gasteiger partial charge in [-0.1, -0.05) is 35.9 Å². The Kier molecular flexibility index (Phi) is 8.31. The Morgan fingerprint density at radius 2 is 1.73 bits per heavy atom. The number of phenols is 1. The largest absolute Gasteiger partial charge is 0.508 e. The minimum atomic E-state index is -1.19. The van der Waals surface area contributed by atoms with Crippen molar-refractivity contribution in [1.82, 2.24) is 0 Å². The highest BCUT2D eigenvalue weighted by molar-refractivity contribution is 14.1. The minimum absolute atomic E-state index is 0.117. The molecule has 0 fully saturated rings. The number of benzene rings is 3. The molecule has 0 heterocycles. The summed E-state index contributed by atoms with van der Waals surface area (Å²) in [5, 5.41) is 22.3. The third-order valence-electron chi connectivity index (χ3n) is 4.57. The lowest BCUT2D eigenvalue weighted by Gasteiger charge is -2.27. The first kappa shape index (κ1) is 24.1. The fourth-order valence-electron chi connectivity index (χ4n) is 3.00. The summed E-state index contributed by atoms with van der Waals surface area (Å²) in [7, 11) is 0. The lowest BCUT2D eigenvalue weighted by Crippen LogP contribution is -2.30. The van der Waals surface area contributed by atoms with Gasteiger partial charge in [0.15, 0.2) is 12.2 Å². The zero-order chi connectivity index (χ0) is 23.8. The predicted octanol–water partition coefficient (Wildman–Crippen LogP) is 5.68. The van der Waals surface area contributed by atoms with Crippen LogP contribution in [0.15, 0.2) is 84.9 Å². The molecule has 0 spiro atoms. The molecule has 8 heteroatoms. The molecule has 0 saturated carbocycles. The summed E-state index contributed by atoms with van der Waals surface area (Å²) in [5.74, 6) is -0.865. The van der Waals surface area contributed by atoms with Gasteiger partial charge in [0.2, 0.25) is 0 Å². The molecular weight excluding hydrogens is 537 g/mol. The van der Waals surface area contributed by atoms with E-state index in [-0.39, 0.29) is 11.3 Å². The highest BCUT2D eigenvalue weighted by atomic mass is 127. The number of anilines is 1. The second kappa shape index (κ2) is 11.4. The van der Waals surface area contributed by atoms with E-state index in [0.29, 0.717) is 11.4 Å². The van der Waals surface area contributed by atoms with Gasteiger partial charge in [0, 0.05) is 20.9 Å². The van der Waals surface area contributed by atoms with Crippen LogP contribution in [0, 0.1) is 10.5 Å². The van der Waals surface area contributed by atoms with Crippen molar-refractivity contribution in [3.05, 3.63) is 99.6 Å². The number of carbonyl (C=O) groups excluding carboxylic acids is 1. The normalized spacial score (nSPS) is 12.7. The van der Waals surface area contributed by atoms with Crippen LogP contribution in [0.25, 0.3) is 0 Å². The van der Waals surface area contributed by atoms with Crippen LogP contribution in [0.5, 0.6) is 11.5 Å². The average molecular weight is 559 g/mol. The van der Waals surface area contributed by atoms with Crippen LogP contribution in [-0.2, 0) is 9.53 Å². The van der Waals surface area contributed by atoms with Gasteiger partial charge in [0.1, 0.15) is 11.5 Å². The van der Waals surface area contributed by atoms with Crippen molar-refractivity contribution in [1.29, 1.82) is 0 Å². The third kappa shape index (κ3) is 7.25. The van der Waals surface area contributed by atoms with Crippen molar-refractivity contribution >= 4 is 40.3 Å². The number of nitrogens with one attached hydrogen (secondary N) is 1. The predicted molar refractivity (Wildman–Crippen MR) is 132 cm³/mol. The summed E-state index contributed by atoms with van der Waals surface area (Å²) in [6, 6.07) is 20.7. The van der Waals surface area contributed by atoms with Crippen LogP contribution >= 0.6 is 22.6 Å². The van der Waals surface area contributed by atoms with Crippen LogP contribution in [-0.4, -0.2) is 28.4 Å². The maximum atomic E-state index is 12.8. The van der Waals surface area contributed by atoms with Crippen molar-refractivity contribution < 1.29 is 29.3 Å². The molecule has 1 amide bonds. The van der Waals surface area contributed by atoms with E-state index in [1.807, 2.05) is 25.1 Å². The van der Waals surface area contributed by atoms with Crippen LogP contribution < -0.4 is 10.1 Å². The van der Waals surface area contributed by atoms with Crippen molar-refractivity contribution in [3.8, 4) is 11.5 Å². The second-order valence-corrected chi connectivity index (χ2v) is 8.36. The summed E-state index contributed by atoms with van der Waals surface area (Å²) in [6.07, 6.45) is -0.796. The molecule has 33 heavy (non-hydrogen) atoms. The lowest BCUT2D eigenvalue weighted by molar-refractivity contribution is -0.131. The van der Waals surface area contributed by atoms with Gasteiger partial charge in [-0.15, -0.1) is 0 Å². The van der Waals surface area contributed by atoms with Gasteiger partial charge < -0.3 is 19.7 Å². The van der Waals surface area contributed by atoms with Gasteiger partial charge in [-0.2, -0.15) is 0 Å². The van der Waals surface area contributed by atoms with Crippen molar-refractivity contribution in [2.75, 3.05) is 5.32 Å².